The van der Waals surface area contributed by atoms with Crippen molar-refractivity contribution in [2.75, 3.05) is 5.32 Å². The third-order valence-corrected chi connectivity index (χ3v) is 3.40. The smallest absolute Gasteiger partial charge is 0.274 e. The molecule has 0 spiro atoms. The Morgan fingerprint density at radius 1 is 1.10 bits per heavy atom. The summed E-state index contributed by atoms with van der Waals surface area (Å²) in [7, 11) is 0. The van der Waals surface area contributed by atoms with Crippen molar-refractivity contribution in [2.24, 2.45) is 0 Å². The standard InChI is InChI=1S/C14H10N4OS/c19-14(12-3-1-2-8-15-12)17-11-6-4-10(5-7-11)13-9-16-18-20-13/h1-9H,(H,17,19). The van der Waals surface area contributed by atoms with Crippen molar-refractivity contribution in [1.29, 1.82) is 0 Å². The molecular weight excluding hydrogens is 272 g/mol. The highest BCUT2D eigenvalue weighted by Crippen LogP contribution is 2.23. The lowest BCUT2D eigenvalue weighted by molar-refractivity contribution is 0.102. The van der Waals surface area contributed by atoms with E-state index < -0.39 is 0 Å². The van der Waals surface area contributed by atoms with Crippen molar-refractivity contribution in [1.82, 2.24) is 14.6 Å². The zero-order valence-electron chi connectivity index (χ0n) is 10.4. The molecule has 0 fully saturated rings. The van der Waals surface area contributed by atoms with Crippen molar-refractivity contribution >= 4 is 23.1 Å². The first-order valence-electron chi connectivity index (χ1n) is 5.93. The fourth-order valence-electron chi connectivity index (χ4n) is 1.70. The first kappa shape index (κ1) is 12.4. The molecule has 0 bridgehead atoms. The van der Waals surface area contributed by atoms with Crippen LogP contribution in [0.5, 0.6) is 0 Å². The van der Waals surface area contributed by atoms with E-state index in [1.54, 1.807) is 30.6 Å². The van der Waals surface area contributed by atoms with Gasteiger partial charge in [-0.1, -0.05) is 22.7 Å². The highest BCUT2D eigenvalue weighted by atomic mass is 32.1. The fourth-order valence-corrected chi connectivity index (χ4v) is 2.22. The van der Waals surface area contributed by atoms with Crippen LogP contribution in [0, 0.1) is 0 Å². The number of carbonyl (C=O) groups is 1. The Morgan fingerprint density at radius 3 is 2.60 bits per heavy atom. The number of nitrogens with zero attached hydrogens (tertiary/aromatic N) is 3. The summed E-state index contributed by atoms with van der Waals surface area (Å²) < 4.78 is 3.82. The Kier molecular flexibility index (Phi) is 3.47. The first-order chi connectivity index (χ1) is 9.83. The molecule has 1 N–H and O–H groups in total. The average molecular weight is 282 g/mol. The summed E-state index contributed by atoms with van der Waals surface area (Å²) >= 11 is 1.33. The number of benzene rings is 1. The molecule has 1 aromatic carbocycles. The van der Waals surface area contributed by atoms with Crippen LogP contribution < -0.4 is 5.32 Å². The molecule has 6 heteroatoms. The predicted molar refractivity (Wildman–Crippen MR) is 77.5 cm³/mol. The number of pyridine rings is 1. The van der Waals surface area contributed by atoms with Crippen LogP contribution in [-0.4, -0.2) is 20.5 Å². The number of anilines is 1. The van der Waals surface area contributed by atoms with Gasteiger partial charge < -0.3 is 5.32 Å². The van der Waals surface area contributed by atoms with Crippen LogP contribution in [-0.2, 0) is 0 Å². The minimum Gasteiger partial charge on any atom is -0.321 e. The van der Waals surface area contributed by atoms with Crippen LogP contribution in [0.15, 0.2) is 54.9 Å². The van der Waals surface area contributed by atoms with Crippen molar-refractivity contribution in [3.05, 3.63) is 60.6 Å². The zero-order valence-corrected chi connectivity index (χ0v) is 11.2. The van der Waals surface area contributed by atoms with E-state index in [0.29, 0.717) is 5.69 Å². The lowest BCUT2D eigenvalue weighted by Gasteiger charge is -2.05. The summed E-state index contributed by atoms with van der Waals surface area (Å²) in [5.74, 6) is -0.224. The van der Waals surface area contributed by atoms with Crippen LogP contribution in [0.4, 0.5) is 5.69 Å². The summed E-state index contributed by atoms with van der Waals surface area (Å²) in [6.07, 6.45) is 3.31. The first-order valence-corrected chi connectivity index (χ1v) is 6.70. The lowest BCUT2D eigenvalue weighted by Crippen LogP contribution is -2.13. The molecule has 0 unspecified atom stereocenters. The van der Waals surface area contributed by atoms with Gasteiger partial charge in [-0.3, -0.25) is 9.78 Å². The summed E-state index contributed by atoms with van der Waals surface area (Å²) in [5.41, 5.74) is 2.14. The number of hydrogen-bond donors (Lipinski definition) is 1. The van der Waals surface area contributed by atoms with Crippen molar-refractivity contribution in [2.45, 2.75) is 0 Å². The maximum atomic E-state index is 11.9. The topological polar surface area (TPSA) is 67.8 Å². The number of nitrogens with one attached hydrogen (secondary N) is 1. The monoisotopic (exact) mass is 282 g/mol. The number of rotatable bonds is 3. The van der Waals surface area contributed by atoms with Gasteiger partial charge in [0.05, 0.1) is 11.1 Å². The second-order valence-corrected chi connectivity index (χ2v) is 4.81. The predicted octanol–water partition coefficient (Wildman–Crippen LogP) is 2.85. The summed E-state index contributed by atoms with van der Waals surface area (Å²) in [4.78, 5) is 16.9. The lowest BCUT2D eigenvalue weighted by atomic mass is 10.2. The molecule has 2 aromatic heterocycles. The fraction of sp³-hybridized carbons (Fsp3) is 0. The zero-order chi connectivity index (χ0) is 13.8. The molecular formula is C14H10N4OS. The molecule has 20 heavy (non-hydrogen) atoms. The van der Waals surface area contributed by atoms with Gasteiger partial charge in [-0.15, -0.1) is 5.10 Å². The molecule has 3 aromatic rings. The minimum atomic E-state index is -0.224. The van der Waals surface area contributed by atoms with Gasteiger partial charge in [0, 0.05) is 11.9 Å². The largest absolute Gasteiger partial charge is 0.321 e. The molecule has 0 radical (unpaired) electrons. The maximum Gasteiger partial charge on any atom is 0.274 e. The SMILES string of the molecule is O=C(Nc1ccc(-c2cnns2)cc1)c1ccccn1. The van der Waals surface area contributed by atoms with Crippen molar-refractivity contribution in [3.8, 4) is 10.4 Å². The molecule has 0 saturated heterocycles. The molecule has 0 aliphatic heterocycles. The highest BCUT2D eigenvalue weighted by Gasteiger charge is 2.07. The number of hydrogen-bond acceptors (Lipinski definition) is 5. The van der Waals surface area contributed by atoms with Crippen LogP contribution in [0.1, 0.15) is 10.5 Å². The third kappa shape index (κ3) is 2.70. The number of amides is 1. The van der Waals surface area contributed by atoms with Gasteiger partial charge in [-0.25, -0.2) is 0 Å². The second kappa shape index (κ2) is 5.58. The molecule has 0 atom stereocenters. The highest BCUT2D eigenvalue weighted by molar-refractivity contribution is 7.09. The van der Waals surface area contributed by atoms with Gasteiger partial charge in [-0.2, -0.15) is 0 Å². The molecule has 1 amide bonds. The van der Waals surface area contributed by atoms with Crippen LogP contribution in [0.25, 0.3) is 10.4 Å². The van der Waals surface area contributed by atoms with E-state index in [4.69, 9.17) is 0 Å². The van der Waals surface area contributed by atoms with Gasteiger partial charge in [0.25, 0.3) is 5.91 Å². The molecule has 3 rings (SSSR count). The van der Waals surface area contributed by atoms with E-state index in [1.807, 2.05) is 24.3 Å². The quantitative estimate of drug-likeness (QED) is 0.802. The molecule has 98 valence electrons. The Hall–Kier alpha value is -2.60. The summed E-state index contributed by atoms with van der Waals surface area (Å²) in [6.45, 7) is 0. The molecule has 5 nitrogen and oxygen atoms in total. The second-order valence-electron chi connectivity index (χ2n) is 4.03. The molecule has 0 aliphatic carbocycles. The number of aromatic nitrogens is 3. The van der Waals surface area contributed by atoms with Gasteiger partial charge in [-0.05, 0) is 41.4 Å². The van der Waals surface area contributed by atoms with E-state index in [9.17, 15) is 4.79 Å². The summed E-state index contributed by atoms with van der Waals surface area (Å²) in [6, 6.07) is 12.8. The summed E-state index contributed by atoms with van der Waals surface area (Å²) in [5, 5.41) is 6.60. The van der Waals surface area contributed by atoms with E-state index in [1.165, 1.54) is 11.5 Å². The molecule has 0 aliphatic rings. The van der Waals surface area contributed by atoms with Crippen molar-refractivity contribution < 1.29 is 4.79 Å². The Morgan fingerprint density at radius 2 is 1.95 bits per heavy atom. The van der Waals surface area contributed by atoms with Crippen LogP contribution in [0.3, 0.4) is 0 Å². The average Bonchev–Trinajstić information content (AvgIpc) is 3.03. The molecule has 2 heterocycles. The maximum absolute atomic E-state index is 11.9. The Labute approximate surface area is 119 Å². The van der Waals surface area contributed by atoms with Crippen LogP contribution in [0.2, 0.25) is 0 Å². The number of carbonyl (C=O) groups excluding carboxylic acids is 1. The Balaban J connectivity index is 1.74. The van der Waals surface area contributed by atoms with Gasteiger partial charge >= 0.3 is 0 Å². The van der Waals surface area contributed by atoms with Gasteiger partial charge in [0.1, 0.15) is 5.69 Å². The third-order valence-electron chi connectivity index (χ3n) is 2.69. The minimum absolute atomic E-state index is 0.224. The van der Waals surface area contributed by atoms with Gasteiger partial charge in [0.2, 0.25) is 0 Å². The van der Waals surface area contributed by atoms with Crippen LogP contribution >= 0.6 is 11.5 Å². The van der Waals surface area contributed by atoms with E-state index in [0.717, 1.165) is 16.1 Å². The van der Waals surface area contributed by atoms with E-state index in [2.05, 4.69) is 19.9 Å². The van der Waals surface area contributed by atoms with Gasteiger partial charge in [0.15, 0.2) is 0 Å². The van der Waals surface area contributed by atoms with Crippen molar-refractivity contribution in [3.63, 3.8) is 0 Å². The normalized spacial score (nSPS) is 10.2. The van der Waals surface area contributed by atoms with E-state index in [-0.39, 0.29) is 5.91 Å². The van der Waals surface area contributed by atoms with E-state index >= 15 is 0 Å². The molecule has 0 saturated carbocycles. The Bertz CT molecular complexity index is 696.